The third-order valence-electron chi connectivity index (χ3n) is 9.90. The number of rotatable bonds is 7. The van der Waals surface area contributed by atoms with Crippen LogP contribution >= 0.6 is 22.9 Å². The van der Waals surface area contributed by atoms with Crippen LogP contribution in [-0.4, -0.2) is 88.1 Å². The molecule has 0 radical (unpaired) electrons. The Balaban J connectivity index is 1.07. The fourth-order valence-electron chi connectivity index (χ4n) is 7.16. The largest absolute Gasteiger partial charge is 0.415 e. The van der Waals surface area contributed by atoms with Crippen LogP contribution in [0.4, 0.5) is 16.2 Å². The summed E-state index contributed by atoms with van der Waals surface area (Å²) in [4.78, 5) is 63.3. The van der Waals surface area contributed by atoms with Gasteiger partial charge in [-0.25, -0.2) is 4.79 Å². The first-order valence-corrected chi connectivity index (χ1v) is 18.0. The molecule has 1 fully saturated rings. The van der Waals surface area contributed by atoms with Crippen LogP contribution in [0.15, 0.2) is 60.0 Å². The zero-order valence-electron chi connectivity index (χ0n) is 27.8. The van der Waals surface area contributed by atoms with Gasteiger partial charge < -0.3 is 29.4 Å². The number of alkyl halides is 1. The zero-order chi connectivity index (χ0) is 35.6. The first-order chi connectivity index (χ1) is 24.6. The molecule has 0 bridgehead atoms. The van der Waals surface area contributed by atoms with Gasteiger partial charge >= 0.3 is 6.09 Å². The molecule has 1 saturated heterocycles. The van der Waals surface area contributed by atoms with Gasteiger partial charge in [-0.15, -0.1) is 22.9 Å². The number of halogens is 1. The van der Waals surface area contributed by atoms with E-state index in [1.807, 2.05) is 37.6 Å². The Labute approximate surface area is 300 Å². The van der Waals surface area contributed by atoms with E-state index in [4.69, 9.17) is 16.3 Å². The molecule has 2 aliphatic heterocycles. The summed E-state index contributed by atoms with van der Waals surface area (Å²) >= 11 is 8.04. The van der Waals surface area contributed by atoms with Gasteiger partial charge in [-0.05, 0) is 66.4 Å². The predicted molar refractivity (Wildman–Crippen MR) is 198 cm³/mol. The third-order valence-corrected chi connectivity index (χ3v) is 11.4. The van der Waals surface area contributed by atoms with Crippen LogP contribution in [-0.2, 0) is 6.42 Å². The number of thiophene rings is 1. The number of aryl methyl sites for hydroxylation is 1. The Morgan fingerprint density at radius 1 is 0.980 bits per heavy atom. The number of fused-ring (bicyclic) bond motifs is 5. The number of nitrogens with zero attached hydrogens (tertiary/aromatic N) is 4. The minimum absolute atomic E-state index is 0.0423. The molecule has 0 saturated carbocycles. The monoisotopic (exact) mass is 724 g/mol. The Bertz CT molecular complexity index is 2410. The topological polar surface area (TPSA) is 145 Å². The van der Waals surface area contributed by atoms with Gasteiger partial charge in [0.05, 0.1) is 21.0 Å². The first-order valence-electron chi connectivity index (χ1n) is 16.6. The minimum atomic E-state index is -0.467. The number of piperazine rings is 1. The molecule has 12 nitrogen and oxygen atoms in total. The summed E-state index contributed by atoms with van der Waals surface area (Å²) < 4.78 is 6.90. The van der Waals surface area contributed by atoms with Crippen LogP contribution in [0.3, 0.4) is 0 Å². The van der Waals surface area contributed by atoms with E-state index in [0.717, 1.165) is 50.8 Å². The molecule has 0 unspecified atom stereocenters. The number of Topliss-reactive ketones (excluding diaryl/α,β-unsaturated/α-hetero) is 1. The maximum absolute atomic E-state index is 14.2. The second kappa shape index (κ2) is 12.8. The fraction of sp³-hybridized carbons (Fsp3) is 0.270. The molecule has 3 aromatic heterocycles. The number of carbonyl (C=O) groups excluding carboxylic acids is 3. The molecule has 6 aromatic rings. The van der Waals surface area contributed by atoms with Crippen LogP contribution in [0.2, 0.25) is 0 Å². The lowest BCUT2D eigenvalue weighted by Gasteiger charge is -2.31. The number of hydrogen-bond donors (Lipinski definition) is 2. The number of ketones is 1. The smallest absolute Gasteiger partial charge is 0.409 e. The number of carbonyl (C=O) groups is 3. The maximum Gasteiger partial charge on any atom is 0.415 e. The quantitative estimate of drug-likeness (QED) is 0.0765. The molecule has 2 N–H and O–H groups in total. The van der Waals surface area contributed by atoms with Crippen LogP contribution in [0.25, 0.3) is 31.9 Å². The molecule has 2 amide bonds. The summed E-state index contributed by atoms with van der Waals surface area (Å²) in [5.74, 6) is 0.229. The lowest BCUT2D eigenvalue weighted by Crippen LogP contribution is -2.48. The summed E-state index contributed by atoms with van der Waals surface area (Å²) in [6, 6.07) is 15.2. The summed E-state index contributed by atoms with van der Waals surface area (Å²) in [5, 5.41) is 15.5. The molecule has 2 aliphatic rings. The lowest BCUT2D eigenvalue weighted by molar-refractivity contribution is -0.384. The van der Waals surface area contributed by atoms with Crippen molar-refractivity contribution >= 4 is 84.0 Å². The van der Waals surface area contributed by atoms with Crippen LogP contribution in [0.1, 0.15) is 43.6 Å². The van der Waals surface area contributed by atoms with Crippen molar-refractivity contribution in [2.75, 3.05) is 50.6 Å². The number of nitro groups is 1. The number of benzene rings is 3. The number of ether oxygens (including phenoxy) is 1. The number of aromatic nitrogens is 2. The van der Waals surface area contributed by atoms with E-state index in [1.165, 1.54) is 23.5 Å². The van der Waals surface area contributed by atoms with Crippen molar-refractivity contribution in [2.24, 2.45) is 0 Å². The molecule has 3 aromatic carbocycles. The molecule has 5 heterocycles. The van der Waals surface area contributed by atoms with E-state index in [-0.39, 0.29) is 29.7 Å². The average Bonchev–Trinajstić information content (AvgIpc) is 3.91. The Morgan fingerprint density at radius 2 is 1.69 bits per heavy atom. The van der Waals surface area contributed by atoms with Crippen molar-refractivity contribution in [3.05, 3.63) is 98.2 Å². The van der Waals surface area contributed by atoms with Gasteiger partial charge in [0, 0.05) is 96.3 Å². The molecular weight excluding hydrogens is 692 g/mol. The highest BCUT2D eigenvalue weighted by Crippen LogP contribution is 2.49. The highest BCUT2D eigenvalue weighted by molar-refractivity contribution is 7.17. The third kappa shape index (κ3) is 5.90. The number of anilines is 1. The van der Waals surface area contributed by atoms with E-state index in [0.29, 0.717) is 59.2 Å². The number of hydrogen-bond acceptors (Lipinski definition) is 8. The fourth-order valence-corrected chi connectivity index (χ4v) is 8.43. The summed E-state index contributed by atoms with van der Waals surface area (Å²) in [5.41, 5.74) is 5.53. The van der Waals surface area contributed by atoms with E-state index < -0.39 is 11.0 Å². The predicted octanol–water partition coefficient (Wildman–Crippen LogP) is 7.23. The number of nitro benzene ring substituents is 1. The van der Waals surface area contributed by atoms with Gasteiger partial charge in [-0.3, -0.25) is 19.7 Å². The van der Waals surface area contributed by atoms with Gasteiger partial charge in [-0.2, -0.15) is 0 Å². The number of non-ortho nitro benzene ring substituents is 1. The summed E-state index contributed by atoms with van der Waals surface area (Å²) in [6.45, 7) is 5.10. The van der Waals surface area contributed by atoms with Gasteiger partial charge in [0.15, 0.2) is 11.5 Å². The van der Waals surface area contributed by atoms with Crippen LogP contribution in [0, 0.1) is 17.0 Å². The van der Waals surface area contributed by atoms with Crippen molar-refractivity contribution in [3.8, 4) is 5.75 Å². The average molecular weight is 725 g/mol. The number of H-pyrrole nitrogens is 2. The highest BCUT2D eigenvalue weighted by atomic mass is 35.5. The van der Waals surface area contributed by atoms with E-state index >= 15 is 0 Å². The number of amides is 2. The van der Waals surface area contributed by atoms with Crippen LogP contribution in [0.5, 0.6) is 5.75 Å². The zero-order valence-corrected chi connectivity index (χ0v) is 29.4. The number of nitrogens with one attached hydrogen (secondary N) is 2. The Morgan fingerprint density at radius 3 is 2.43 bits per heavy atom. The van der Waals surface area contributed by atoms with Gasteiger partial charge in [0.1, 0.15) is 5.69 Å². The van der Waals surface area contributed by atoms with Crippen LogP contribution < -0.4 is 9.64 Å². The second-order valence-corrected chi connectivity index (χ2v) is 14.5. The highest BCUT2D eigenvalue weighted by Gasteiger charge is 2.37. The van der Waals surface area contributed by atoms with Crippen molar-refractivity contribution in [2.45, 2.75) is 19.3 Å². The summed E-state index contributed by atoms with van der Waals surface area (Å²) in [7, 11) is 2.03. The van der Waals surface area contributed by atoms with Crippen molar-refractivity contribution in [1.82, 2.24) is 19.8 Å². The standard InChI is InChI=1S/C37H33ClN6O6S/c1-20-19-51-35-32(50-37(47)42-9-7-41(2)8-10-42)16-30-34(33(20)35)24(17-38)18-43(30)36(46)29-15-22-11-21(3-5-26(22)40-29)12-31(45)28-14-23-13-25(44(48)49)4-6-27(23)39-28/h3-6,11,13-16,19,24,39-40H,7-10,12,17-18H2,1-2H3/t24-/m1/s1. The Kier molecular flexibility index (Phi) is 8.28. The van der Waals surface area contributed by atoms with Crippen molar-refractivity contribution in [3.63, 3.8) is 0 Å². The number of likely N-dealkylation sites (N-methyl/N-ethyl adjacent to an activating group) is 1. The SMILES string of the molecule is Cc1csc2c(OC(=O)N3CCN(C)CC3)cc3c(c12)[C@H](CCl)CN3C(=O)c1cc2cc(CC(=O)c3cc4cc([N+](=O)[O-])ccc4[nH]3)ccc2[nH]1. The lowest BCUT2D eigenvalue weighted by atomic mass is 9.97. The maximum atomic E-state index is 14.2. The van der Waals surface area contributed by atoms with E-state index in [9.17, 15) is 24.5 Å². The Hall–Kier alpha value is -5.24. The van der Waals surface area contributed by atoms with E-state index in [1.54, 1.807) is 34.1 Å². The minimum Gasteiger partial charge on any atom is -0.409 e. The van der Waals surface area contributed by atoms with Crippen molar-refractivity contribution < 1.29 is 24.0 Å². The molecule has 51 heavy (non-hydrogen) atoms. The molecule has 14 heteroatoms. The van der Waals surface area contributed by atoms with Gasteiger partial charge in [-0.1, -0.05) is 6.07 Å². The summed E-state index contributed by atoms with van der Waals surface area (Å²) in [6.07, 6.45) is -0.305. The first kappa shape index (κ1) is 32.9. The molecule has 0 spiro atoms. The van der Waals surface area contributed by atoms with Crippen molar-refractivity contribution in [1.29, 1.82) is 0 Å². The van der Waals surface area contributed by atoms with Gasteiger partial charge in [0.25, 0.3) is 11.6 Å². The normalized spacial score (nSPS) is 16.3. The molecular formula is C37H33ClN6O6S. The van der Waals surface area contributed by atoms with E-state index in [2.05, 4.69) is 14.9 Å². The molecule has 8 rings (SSSR count). The van der Waals surface area contributed by atoms with Gasteiger partial charge in [0.2, 0.25) is 0 Å². The molecule has 1 atom stereocenters. The second-order valence-electron chi connectivity index (χ2n) is 13.3. The molecule has 0 aliphatic carbocycles. The molecule has 260 valence electrons. The number of aromatic amines is 2.